The Kier molecular flexibility index (Phi) is 5.25. The van der Waals surface area contributed by atoms with E-state index in [0.29, 0.717) is 23.9 Å². The molecule has 0 spiro atoms. The van der Waals surface area contributed by atoms with Crippen molar-refractivity contribution < 1.29 is 39.5 Å². The molecule has 2 aromatic heterocycles. The number of nitrogens with two attached hydrogens (primary N) is 1. The molecule has 0 aliphatic carbocycles. The van der Waals surface area contributed by atoms with Crippen LogP contribution < -0.4 is 46.0 Å². The van der Waals surface area contributed by atoms with Gasteiger partial charge in [0.25, 0.3) is 5.56 Å². The van der Waals surface area contributed by atoms with Gasteiger partial charge in [0, 0.05) is 6.20 Å². The van der Waals surface area contributed by atoms with E-state index in [4.69, 9.17) is 5.73 Å². The van der Waals surface area contributed by atoms with E-state index in [2.05, 4.69) is 15.0 Å². The number of anilines is 1. The Morgan fingerprint density at radius 2 is 1.91 bits per heavy atom. The largest absolute Gasteiger partial charge is 1.00 e. The van der Waals surface area contributed by atoms with Crippen LogP contribution in [-0.2, 0) is 12.8 Å². The smallest absolute Gasteiger partial charge is 0.545 e. The summed E-state index contributed by atoms with van der Waals surface area (Å²) in [5.41, 5.74) is 7.64. The number of H-pyrrole nitrogens is 2. The molecule has 23 heavy (non-hydrogen) atoms. The summed E-state index contributed by atoms with van der Waals surface area (Å²) in [6.45, 7) is 0. The van der Waals surface area contributed by atoms with E-state index in [1.54, 1.807) is 18.3 Å². The van der Waals surface area contributed by atoms with Gasteiger partial charge < -0.3 is 20.6 Å². The molecule has 0 unspecified atom stereocenters. The number of aromatic nitrogens is 3. The zero-order valence-corrected chi connectivity index (χ0v) is 14.6. The summed E-state index contributed by atoms with van der Waals surface area (Å²) in [5, 5.41) is 11.2. The number of rotatable bonds is 4. The zero-order chi connectivity index (χ0) is 15.7. The minimum absolute atomic E-state index is 0. The predicted molar refractivity (Wildman–Crippen MR) is 79.3 cm³/mol. The van der Waals surface area contributed by atoms with Gasteiger partial charge in [-0.2, -0.15) is 4.98 Å². The van der Waals surface area contributed by atoms with Crippen molar-refractivity contribution in [2.45, 2.75) is 12.8 Å². The van der Waals surface area contributed by atoms with Gasteiger partial charge in [-0.05, 0) is 29.5 Å². The first kappa shape index (κ1) is 17.3. The number of carbonyl (C=O) groups excluding carboxylic acids is 1. The van der Waals surface area contributed by atoms with Crippen LogP contribution in [0, 0.1) is 0 Å². The van der Waals surface area contributed by atoms with Crippen LogP contribution in [0.3, 0.4) is 0 Å². The Balaban J connectivity index is 0.00000192. The minimum Gasteiger partial charge on any atom is -0.545 e. The van der Waals surface area contributed by atoms with Crippen molar-refractivity contribution in [2.75, 3.05) is 5.73 Å². The third-order valence-electron chi connectivity index (χ3n) is 3.51. The van der Waals surface area contributed by atoms with Crippen molar-refractivity contribution >= 4 is 23.0 Å². The Hall–Kier alpha value is -2.09. The summed E-state index contributed by atoms with van der Waals surface area (Å²) in [6, 6.07) is 6.49. The molecule has 3 aromatic rings. The summed E-state index contributed by atoms with van der Waals surface area (Å²) in [5.74, 6) is -1.12. The normalized spacial score (nSPS) is 10.4. The van der Waals surface area contributed by atoms with Gasteiger partial charge in [0.15, 0.2) is 0 Å². The van der Waals surface area contributed by atoms with Crippen LogP contribution in [0.15, 0.2) is 35.3 Å². The monoisotopic (exact) mass is 320 g/mol. The number of benzene rings is 1. The molecule has 1 aromatic carbocycles. The van der Waals surface area contributed by atoms with Gasteiger partial charge in [-0.15, -0.1) is 0 Å². The van der Waals surface area contributed by atoms with Crippen molar-refractivity contribution in [1.29, 1.82) is 0 Å². The average Bonchev–Trinajstić information content (AvgIpc) is 2.88. The number of hydrogen-bond donors (Lipinski definition) is 3. The number of aromatic carboxylic acids is 1. The SMILES string of the molecule is Nc1nc2[nH]cc(CCc3ccc(C(=O)[O-])cc3)c2c(=O)[nH]1.[Na+]. The van der Waals surface area contributed by atoms with Crippen LogP contribution in [-0.4, -0.2) is 20.9 Å². The maximum absolute atomic E-state index is 11.9. The molecular weight excluding hydrogens is 307 g/mol. The van der Waals surface area contributed by atoms with Crippen LogP contribution in [0.2, 0.25) is 0 Å². The predicted octanol–water partition coefficient (Wildman–Crippen LogP) is -3.01. The molecule has 0 amide bonds. The number of carboxylic acids is 1. The van der Waals surface area contributed by atoms with Crippen molar-refractivity contribution in [2.24, 2.45) is 0 Å². The number of aromatic amines is 2. The molecule has 0 atom stereocenters. The third-order valence-corrected chi connectivity index (χ3v) is 3.51. The topological polar surface area (TPSA) is 128 Å². The van der Waals surface area contributed by atoms with Gasteiger partial charge in [-0.1, -0.05) is 24.3 Å². The number of carbonyl (C=O) groups is 1. The van der Waals surface area contributed by atoms with Gasteiger partial charge in [-0.25, -0.2) is 0 Å². The van der Waals surface area contributed by atoms with E-state index in [9.17, 15) is 14.7 Å². The van der Waals surface area contributed by atoms with E-state index < -0.39 is 5.97 Å². The first-order valence-corrected chi connectivity index (χ1v) is 6.70. The Bertz CT molecular complexity index is 899. The van der Waals surface area contributed by atoms with Crippen molar-refractivity contribution in [3.05, 3.63) is 57.5 Å². The van der Waals surface area contributed by atoms with Crippen molar-refractivity contribution in [1.82, 2.24) is 15.0 Å². The number of nitrogens with zero attached hydrogens (tertiary/aromatic N) is 1. The van der Waals surface area contributed by atoms with Crippen LogP contribution in [0.4, 0.5) is 5.95 Å². The first-order chi connectivity index (χ1) is 10.5. The number of hydrogen-bond acceptors (Lipinski definition) is 5. The molecule has 7 nitrogen and oxygen atoms in total. The molecule has 0 saturated carbocycles. The van der Waals surface area contributed by atoms with Gasteiger partial charge in [0.2, 0.25) is 5.95 Å². The second-order valence-corrected chi connectivity index (χ2v) is 4.97. The molecular formula is C15H13N4NaO3. The second-order valence-electron chi connectivity index (χ2n) is 4.97. The van der Waals surface area contributed by atoms with Gasteiger partial charge in [0.1, 0.15) is 5.65 Å². The molecule has 0 aliphatic heterocycles. The summed E-state index contributed by atoms with van der Waals surface area (Å²) in [7, 11) is 0. The molecule has 2 heterocycles. The maximum atomic E-state index is 11.9. The number of fused-ring (bicyclic) bond motifs is 1. The molecule has 0 saturated heterocycles. The average molecular weight is 320 g/mol. The molecule has 0 aliphatic rings. The minimum atomic E-state index is -1.20. The third kappa shape index (κ3) is 3.64. The Morgan fingerprint density at radius 3 is 2.57 bits per heavy atom. The molecule has 8 heteroatoms. The molecule has 3 rings (SSSR count). The fraction of sp³-hybridized carbons (Fsp3) is 0.133. The number of carboxylic acid groups (broad SMARTS) is 1. The van der Waals surface area contributed by atoms with Crippen LogP contribution in [0.25, 0.3) is 11.0 Å². The van der Waals surface area contributed by atoms with Crippen LogP contribution in [0.1, 0.15) is 21.5 Å². The molecule has 0 radical (unpaired) electrons. The first-order valence-electron chi connectivity index (χ1n) is 6.70. The molecule has 4 N–H and O–H groups in total. The fourth-order valence-corrected chi connectivity index (χ4v) is 2.40. The van der Waals surface area contributed by atoms with E-state index in [1.807, 2.05) is 0 Å². The van der Waals surface area contributed by atoms with Gasteiger partial charge >= 0.3 is 29.6 Å². The molecule has 0 bridgehead atoms. The summed E-state index contributed by atoms with van der Waals surface area (Å²) >= 11 is 0. The zero-order valence-electron chi connectivity index (χ0n) is 12.6. The van der Waals surface area contributed by atoms with E-state index >= 15 is 0 Å². The summed E-state index contributed by atoms with van der Waals surface area (Å²) < 4.78 is 0. The molecule has 112 valence electrons. The number of nitrogen functional groups attached to an aromatic ring is 1. The van der Waals surface area contributed by atoms with Crippen molar-refractivity contribution in [3.8, 4) is 0 Å². The standard InChI is InChI=1S/C15H14N4O3.Na/c16-15-18-12-11(13(20)19-15)10(7-17-12)6-3-8-1-4-9(5-2-8)14(21)22;/h1-2,4-5,7H,3,6H2,(H,21,22)(H4,16,17,18,19,20);/q;+1/p-1. The second kappa shape index (κ2) is 6.99. The Morgan fingerprint density at radius 1 is 1.22 bits per heavy atom. The van der Waals surface area contributed by atoms with Crippen LogP contribution >= 0.6 is 0 Å². The number of aryl methyl sites for hydroxylation is 2. The quantitative estimate of drug-likeness (QED) is 0.441. The Labute approximate surface area is 153 Å². The van der Waals surface area contributed by atoms with Gasteiger partial charge in [-0.3, -0.25) is 9.78 Å². The fourth-order valence-electron chi connectivity index (χ4n) is 2.40. The van der Waals surface area contributed by atoms with Gasteiger partial charge in [0.05, 0.1) is 11.4 Å². The maximum Gasteiger partial charge on any atom is 1.00 e. The number of nitrogens with one attached hydrogen (secondary N) is 2. The van der Waals surface area contributed by atoms with Crippen molar-refractivity contribution in [3.63, 3.8) is 0 Å². The van der Waals surface area contributed by atoms with E-state index in [0.717, 1.165) is 11.1 Å². The van der Waals surface area contributed by atoms with Crippen LogP contribution in [0.5, 0.6) is 0 Å². The van der Waals surface area contributed by atoms with E-state index in [-0.39, 0.29) is 46.6 Å². The van der Waals surface area contributed by atoms with E-state index in [1.165, 1.54) is 12.1 Å². The molecule has 0 fully saturated rings. The summed E-state index contributed by atoms with van der Waals surface area (Å²) in [6.07, 6.45) is 3.03. The summed E-state index contributed by atoms with van der Waals surface area (Å²) in [4.78, 5) is 32.1.